The van der Waals surface area contributed by atoms with E-state index in [2.05, 4.69) is 212 Å². The number of benzene rings is 7. The van der Waals surface area contributed by atoms with Crippen molar-refractivity contribution in [2.45, 2.75) is 32.6 Å². The predicted octanol–water partition coefficient (Wildman–Crippen LogP) is 14.3. The molecule has 2 nitrogen and oxygen atoms in total. The lowest BCUT2D eigenvalue weighted by Gasteiger charge is -2.28. The SMILES string of the molecule is CC1C=CC(n2c3ccccc3c3cc(-c4ccc(N(c5ccc(-c6ccccc6)cc5)c5ccc6c(c5)C(C)(C)c5ccccc5-6)cc4)ccc32)=CC1. The Morgan fingerprint density at radius 3 is 1.85 bits per heavy atom. The first kappa shape index (κ1) is 32.3. The number of allylic oxidation sites excluding steroid dienone is 4. The van der Waals surface area contributed by atoms with Crippen LogP contribution in [0.15, 0.2) is 182 Å². The maximum absolute atomic E-state index is 2.43. The summed E-state index contributed by atoms with van der Waals surface area (Å²) in [7, 11) is 0. The fourth-order valence-electron chi connectivity index (χ4n) is 8.83. The second-order valence-corrected chi connectivity index (χ2v) is 15.5. The zero-order valence-corrected chi connectivity index (χ0v) is 31.0. The highest BCUT2D eigenvalue weighted by Crippen LogP contribution is 2.50. The summed E-state index contributed by atoms with van der Waals surface area (Å²) >= 11 is 0. The number of anilines is 3. The van der Waals surface area contributed by atoms with Crippen LogP contribution in [0.1, 0.15) is 38.3 Å². The third kappa shape index (κ3) is 5.24. The molecule has 1 unspecified atom stereocenters. The van der Waals surface area contributed by atoms with E-state index in [1.54, 1.807) is 0 Å². The van der Waals surface area contributed by atoms with Crippen molar-refractivity contribution in [3.05, 3.63) is 193 Å². The van der Waals surface area contributed by atoms with E-state index in [1.165, 1.54) is 72.0 Å². The number of hydrogen-bond donors (Lipinski definition) is 0. The largest absolute Gasteiger partial charge is 0.310 e. The Labute approximate surface area is 318 Å². The van der Waals surface area contributed by atoms with Crippen molar-refractivity contribution in [3.63, 3.8) is 0 Å². The molecule has 0 fully saturated rings. The molecule has 1 heterocycles. The summed E-state index contributed by atoms with van der Waals surface area (Å²) in [5.74, 6) is 0.577. The second-order valence-electron chi connectivity index (χ2n) is 15.5. The first-order chi connectivity index (χ1) is 26.4. The van der Waals surface area contributed by atoms with Gasteiger partial charge in [0.1, 0.15) is 0 Å². The van der Waals surface area contributed by atoms with Gasteiger partial charge in [0, 0.05) is 38.9 Å². The quantitative estimate of drug-likeness (QED) is 0.168. The van der Waals surface area contributed by atoms with Crippen molar-refractivity contribution in [1.29, 1.82) is 0 Å². The molecule has 0 saturated heterocycles. The van der Waals surface area contributed by atoms with Crippen LogP contribution in [0, 0.1) is 5.92 Å². The molecule has 7 aromatic carbocycles. The minimum Gasteiger partial charge on any atom is -0.310 e. The highest BCUT2D eigenvalue weighted by molar-refractivity contribution is 6.11. The highest BCUT2D eigenvalue weighted by Gasteiger charge is 2.35. The molecule has 2 heteroatoms. The van der Waals surface area contributed by atoms with Crippen LogP contribution < -0.4 is 4.90 Å². The molecule has 10 rings (SSSR count). The lowest BCUT2D eigenvalue weighted by molar-refractivity contribution is 0.660. The molecular formula is C52H42N2. The lowest BCUT2D eigenvalue weighted by atomic mass is 9.82. The van der Waals surface area contributed by atoms with Crippen molar-refractivity contribution in [3.8, 4) is 33.4 Å². The zero-order chi connectivity index (χ0) is 36.4. The maximum atomic E-state index is 2.43. The van der Waals surface area contributed by atoms with Gasteiger partial charge in [0.2, 0.25) is 0 Å². The highest BCUT2D eigenvalue weighted by atomic mass is 15.1. The van der Waals surface area contributed by atoms with E-state index in [0.29, 0.717) is 5.92 Å². The second kappa shape index (κ2) is 12.6. The van der Waals surface area contributed by atoms with Gasteiger partial charge in [-0.2, -0.15) is 0 Å². The smallest absolute Gasteiger partial charge is 0.0541 e. The Balaban J connectivity index is 1.06. The third-order valence-electron chi connectivity index (χ3n) is 11.7. The van der Waals surface area contributed by atoms with E-state index in [-0.39, 0.29) is 5.41 Å². The first-order valence-corrected chi connectivity index (χ1v) is 19.2. The van der Waals surface area contributed by atoms with E-state index in [9.17, 15) is 0 Å². The minimum atomic E-state index is -0.0847. The van der Waals surface area contributed by atoms with Gasteiger partial charge in [0.15, 0.2) is 0 Å². The average Bonchev–Trinajstić information content (AvgIpc) is 3.67. The summed E-state index contributed by atoms with van der Waals surface area (Å²) in [5.41, 5.74) is 17.4. The Morgan fingerprint density at radius 2 is 1.11 bits per heavy atom. The number of fused-ring (bicyclic) bond motifs is 6. The van der Waals surface area contributed by atoms with Gasteiger partial charge in [0.05, 0.1) is 11.0 Å². The van der Waals surface area contributed by atoms with E-state index in [1.807, 2.05) is 0 Å². The number of aromatic nitrogens is 1. The van der Waals surface area contributed by atoms with Gasteiger partial charge < -0.3 is 9.47 Å². The molecule has 54 heavy (non-hydrogen) atoms. The van der Waals surface area contributed by atoms with Crippen molar-refractivity contribution < 1.29 is 0 Å². The Bertz CT molecular complexity index is 2760. The molecule has 8 aromatic rings. The normalized spacial score (nSPS) is 15.6. The van der Waals surface area contributed by atoms with Crippen LogP contribution in [-0.4, -0.2) is 4.57 Å². The molecule has 2 aliphatic carbocycles. The summed E-state index contributed by atoms with van der Waals surface area (Å²) in [5, 5.41) is 2.56. The first-order valence-electron chi connectivity index (χ1n) is 19.2. The van der Waals surface area contributed by atoms with Crippen LogP contribution in [0.5, 0.6) is 0 Å². The van der Waals surface area contributed by atoms with Gasteiger partial charge >= 0.3 is 0 Å². The van der Waals surface area contributed by atoms with Crippen LogP contribution in [0.2, 0.25) is 0 Å². The Hall–Kier alpha value is -6.38. The predicted molar refractivity (Wildman–Crippen MR) is 230 cm³/mol. The van der Waals surface area contributed by atoms with Crippen LogP contribution in [0.3, 0.4) is 0 Å². The molecule has 0 N–H and O–H groups in total. The molecule has 0 bridgehead atoms. The fourth-order valence-corrected chi connectivity index (χ4v) is 8.83. The molecule has 260 valence electrons. The number of hydrogen-bond acceptors (Lipinski definition) is 1. The zero-order valence-electron chi connectivity index (χ0n) is 31.0. The number of nitrogens with zero attached hydrogens (tertiary/aromatic N) is 2. The van der Waals surface area contributed by atoms with Gasteiger partial charge in [-0.1, -0.05) is 142 Å². The Morgan fingerprint density at radius 1 is 0.519 bits per heavy atom. The molecule has 0 amide bonds. The summed E-state index contributed by atoms with van der Waals surface area (Å²) in [6, 6.07) is 60.4. The molecular weight excluding hydrogens is 653 g/mol. The van der Waals surface area contributed by atoms with Gasteiger partial charge in [-0.05, 0) is 118 Å². The van der Waals surface area contributed by atoms with Crippen LogP contribution in [0.4, 0.5) is 17.1 Å². The van der Waals surface area contributed by atoms with Gasteiger partial charge in [-0.15, -0.1) is 0 Å². The van der Waals surface area contributed by atoms with Crippen LogP contribution in [0.25, 0.3) is 60.9 Å². The number of rotatable bonds is 6. The monoisotopic (exact) mass is 694 g/mol. The van der Waals surface area contributed by atoms with Crippen molar-refractivity contribution >= 4 is 44.6 Å². The van der Waals surface area contributed by atoms with Crippen LogP contribution >= 0.6 is 0 Å². The summed E-state index contributed by atoms with van der Waals surface area (Å²) in [6.07, 6.45) is 8.06. The molecule has 1 aromatic heterocycles. The van der Waals surface area contributed by atoms with Crippen molar-refractivity contribution in [2.75, 3.05) is 4.90 Å². The maximum Gasteiger partial charge on any atom is 0.0541 e. The fraction of sp³-hybridized carbons (Fsp3) is 0.115. The molecule has 0 spiro atoms. The van der Waals surface area contributed by atoms with E-state index in [4.69, 9.17) is 0 Å². The standard InChI is InChI=1S/C52H42N2/c1-35-17-24-42(25-18-35)54-50-16-10-8-14-46(50)47-33-39(23-32-51(47)54)38-21-28-41(29-22-38)53(40-26-19-37(20-27-40)36-11-5-4-6-12-36)43-30-31-45-44-13-7-9-15-48(44)52(2,3)49(45)34-43/h4-17,19-35H,18H2,1-3H3. The number of para-hydroxylation sites is 1. The van der Waals surface area contributed by atoms with Crippen molar-refractivity contribution in [2.24, 2.45) is 5.92 Å². The molecule has 0 saturated carbocycles. The molecule has 2 aliphatic rings. The molecule has 0 radical (unpaired) electrons. The van der Waals surface area contributed by atoms with Crippen LogP contribution in [-0.2, 0) is 5.41 Å². The lowest BCUT2D eigenvalue weighted by Crippen LogP contribution is -2.16. The topological polar surface area (TPSA) is 8.17 Å². The van der Waals surface area contributed by atoms with Gasteiger partial charge in [-0.25, -0.2) is 0 Å². The van der Waals surface area contributed by atoms with E-state index >= 15 is 0 Å². The van der Waals surface area contributed by atoms with Crippen molar-refractivity contribution in [1.82, 2.24) is 4.57 Å². The third-order valence-corrected chi connectivity index (χ3v) is 11.7. The average molecular weight is 695 g/mol. The van der Waals surface area contributed by atoms with E-state index < -0.39 is 0 Å². The summed E-state index contributed by atoms with van der Waals surface area (Å²) in [4.78, 5) is 2.40. The van der Waals surface area contributed by atoms with Gasteiger partial charge in [0.25, 0.3) is 0 Å². The van der Waals surface area contributed by atoms with E-state index in [0.717, 1.165) is 23.5 Å². The summed E-state index contributed by atoms with van der Waals surface area (Å²) < 4.78 is 2.43. The molecule has 1 atom stereocenters. The molecule has 0 aliphatic heterocycles. The summed E-state index contributed by atoms with van der Waals surface area (Å²) in [6.45, 7) is 6.99. The minimum absolute atomic E-state index is 0.0847. The Kier molecular flexibility index (Phi) is 7.56. The van der Waals surface area contributed by atoms with Gasteiger partial charge in [-0.3, -0.25) is 0 Å².